The molecule has 3 N–H and O–H groups in total. The summed E-state index contributed by atoms with van der Waals surface area (Å²) in [6.07, 6.45) is 8.29. The Hall–Kier alpha value is -4.39. The van der Waals surface area contributed by atoms with Crippen molar-refractivity contribution in [2.75, 3.05) is 19.5 Å². The number of Topliss-reactive ketones (excluding diaryl/α,β-unsaturated/α-hetero) is 1. The first-order chi connectivity index (χ1) is 16.0. The van der Waals surface area contributed by atoms with E-state index in [1.807, 2.05) is 48.7 Å². The van der Waals surface area contributed by atoms with Crippen molar-refractivity contribution in [3.63, 3.8) is 0 Å². The molecule has 0 fully saturated rings. The van der Waals surface area contributed by atoms with E-state index in [9.17, 15) is 4.79 Å². The number of anilines is 1. The Kier molecular flexibility index (Phi) is 7.60. The minimum Gasteiger partial charge on any atom is -0.497 e. The van der Waals surface area contributed by atoms with Crippen LogP contribution in [0.25, 0.3) is 5.52 Å². The maximum atomic E-state index is 13.7. The number of pyridine rings is 1. The van der Waals surface area contributed by atoms with Gasteiger partial charge in [-0.25, -0.2) is 4.52 Å². The molecule has 2 aromatic heterocycles. The lowest BCUT2D eigenvalue weighted by Crippen LogP contribution is -2.30. The van der Waals surface area contributed by atoms with Crippen LogP contribution in [0.15, 0.2) is 103 Å². The third kappa shape index (κ3) is 5.27. The van der Waals surface area contributed by atoms with Crippen molar-refractivity contribution in [2.45, 2.75) is 6.04 Å². The van der Waals surface area contributed by atoms with Gasteiger partial charge in [0.05, 0.1) is 18.3 Å². The zero-order valence-corrected chi connectivity index (χ0v) is 18.7. The highest BCUT2D eigenvalue weighted by Crippen LogP contribution is 2.26. The van der Waals surface area contributed by atoms with E-state index in [0.29, 0.717) is 28.3 Å². The highest BCUT2D eigenvalue weighted by Gasteiger charge is 2.29. The largest absolute Gasteiger partial charge is 0.497 e. The van der Waals surface area contributed by atoms with Crippen molar-refractivity contribution < 1.29 is 9.53 Å². The second kappa shape index (κ2) is 10.8. The van der Waals surface area contributed by atoms with Crippen LogP contribution in [-0.4, -0.2) is 35.3 Å². The number of ether oxygens (including phenoxy) is 1. The van der Waals surface area contributed by atoms with Crippen molar-refractivity contribution in [1.29, 1.82) is 5.41 Å². The van der Waals surface area contributed by atoms with Gasteiger partial charge >= 0.3 is 0 Å². The molecule has 7 heteroatoms. The Bertz CT molecular complexity index is 1220. The van der Waals surface area contributed by atoms with Crippen molar-refractivity contribution in [3.8, 4) is 5.75 Å². The number of nitrogens with one attached hydrogen (secondary N) is 3. The predicted molar refractivity (Wildman–Crippen MR) is 133 cm³/mol. The summed E-state index contributed by atoms with van der Waals surface area (Å²) in [4.78, 5) is 13.7. The Morgan fingerprint density at radius 1 is 1.21 bits per heavy atom. The molecule has 1 atom stereocenters. The molecule has 7 nitrogen and oxygen atoms in total. The Morgan fingerprint density at radius 2 is 2.03 bits per heavy atom. The molecular weight excluding hydrogens is 414 g/mol. The maximum Gasteiger partial charge on any atom is 0.209 e. The number of hydrogen-bond acceptors (Lipinski definition) is 6. The van der Waals surface area contributed by atoms with E-state index < -0.39 is 11.8 Å². The molecule has 0 amide bonds. The second-order valence-corrected chi connectivity index (χ2v) is 7.10. The summed E-state index contributed by atoms with van der Waals surface area (Å²) in [6, 6.07) is 13.9. The predicted octanol–water partition coefficient (Wildman–Crippen LogP) is 4.49. The molecule has 168 valence electrons. The van der Waals surface area contributed by atoms with E-state index in [1.54, 1.807) is 49.2 Å². The van der Waals surface area contributed by atoms with E-state index in [1.165, 1.54) is 0 Å². The maximum absolute atomic E-state index is 13.7. The summed E-state index contributed by atoms with van der Waals surface area (Å²) < 4.78 is 7.01. The van der Waals surface area contributed by atoms with Gasteiger partial charge in [0.1, 0.15) is 17.5 Å². The van der Waals surface area contributed by atoms with Gasteiger partial charge in [0.2, 0.25) is 5.78 Å². The zero-order valence-electron chi connectivity index (χ0n) is 18.7. The molecule has 2 heterocycles. The average Bonchev–Trinajstić information content (AvgIpc) is 3.28. The van der Waals surface area contributed by atoms with Gasteiger partial charge in [-0.15, -0.1) is 0 Å². The van der Waals surface area contributed by atoms with Crippen LogP contribution in [-0.2, 0) is 4.79 Å². The van der Waals surface area contributed by atoms with Crippen LogP contribution >= 0.6 is 0 Å². The first kappa shape index (κ1) is 23.3. The lowest BCUT2D eigenvalue weighted by atomic mass is 9.94. The normalized spacial score (nSPS) is 12.7. The Morgan fingerprint density at radius 3 is 2.70 bits per heavy atom. The van der Waals surface area contributed by atoms with E-state index in [-0.39, 0.29) is 5.71 Å². The van der Waals surface area contributed by atoms with Gasteiger partial charge in [-0.2, -0.15) is 5.10 Å². The van der Waals surface area contributed by atoms with Crippen molar-refractivity contribution in [3.05, 3.63) is 109 Å². The van der Waals surface area contributed by atoms with Crippen LogP contribution < -0.4 is 15.4 Å². The van der Waals surface area contributed by atoms with Gasteiger partial charge in [-0.3, -0.25) is 10.2 Å². The van der Waals surface area contributed by atoms with Gasteiger partial charge < -0.3 is 15.4 Å². The molecule has 0 spiro atoms. The first-order valence-electron chi connectivity index (χ1n) is 10.3. The number of nitrogens with zero attached hydrogens (tertiary/aromatic N) is 2. The molecule has 1 aromatic carbocycles. The number of benzene rings is 1. The number of carbonyl (C=O) groups excluding carboxylic acids is 1. The third-order valence-corrected chi connectivity index (χ3v) is 4.96. The SMILES string of the molecule is C=C/C=C(C=C)/C(=C/NC)C(=N)C(=O)C(Nc1cccc(OC)c1)c1cc2ccccn2n1. The van der Waals surface area contributed by atoms with Crippen molar-refractivity contribution >= 4 is 22.7 Å². The van der Waals surface area contributed by atoms with Crippen molar-refractivity contribution in [1.82, 2.24) is 14.9 Å². The number of fused-ring (bicyclic) bond motifs is 1. The van der Waals surface area contributed by atoms with Gasteiger partial charge in [-0.05, 0) is 35.9 Å². The number of methoxy groups -OCH3 is 1. The molecule has 0 aliphatic carbocycles. The number of rotatable bonds is 11. The van der Waals surface area contributed by atoms with Crippen LogP contribution in [0.3, 0.4) is 0 Å². The summed E-state index contributed by atoms with van der Waals surface area (Å²) in [7, 11) is 3.29. The van der Waals surface area contributed by atoms with E-state index in [0.717, 1.165) is 5.52 Å². The fraction of sp³-hybridized carbons (Fsp3) is 0.115. The first-order valence-corrected chi connectivity index (χ1v) is 10.3. The van der Waals surface area contributed by atoms with Crippen molar-refractivity contribution in [2.24, 2.45) is 0 Å². The quantitative estimate of drug-likeness (QED) is 0.301. The monoisotopic (exact) mass is 441 g/mol. The molecule has 3 aromatic rings. The molecule has 0 bridgehead atoms. The number of carbonyl (C=O) groups is 1. The standard InChI is InChI=1S/C26H27N5O2/c1-5-10-18(6-2)22(17-28-3)24(27)26(32)25(29-19-11-9-13-21(15-19)33-4)23-16-20-12-7-8-14-31(20)30-23/h5-17,25,27-29H,1-2H2,3-4H3/b18-10+,22-17-,27-24?. The lowest BCUT2D eigenvalue weighted by molar-refractivity contribution is -0.113. The fourth-order valence-electron chi connectivity index (χ4n) is 3.37. The van der Waals surface area contributed by atoms with Gasteiger partial charge in [-0.1, -0.05) is 43.5 Å². The summed E-state index contributed by atoms with van der Waals surface area (Å²) in [5.74, 6) is 0.203. The Labute approximate surface area is 193 Å². The molecule has 0 saturated carbocycles. The van der Waals surface area contributed by atoms with E-state index >= 15 is 0 Å². The number of hydrogen-bond donors (Lipinski definition) is 3. The van der Waals surface area contributed by atoms with Crippen LogP contribution in [0.4, 0.5) is 5.69 Å². The van der Waals surface area contributed by atoms with E-state index in [2.05, 4.69) is 28.9 Å². The average molecular weight is 442 g/mol. The minimum atomic E-state index is -0.903. The Balaban J connectivity index is 2.06. The summed E-state index contributed by atoms with van der Waals surface area (Å²) in [5.41, 5.74) is 2.83. The molecule has 0 aliphatic heterocycles. The summed E-state index contributed by atoms with van der Waals surface area (Å²) in [6.45, 7) is 7.52. The summed E-state index contributed by atoms with van der Waals surface area (Å²) in [5, 5.41) is 19.5. The number of ketones is 1. The smallest absolute Gasteiger partial charge is 0.209 e. The van der Waals surface area contributed by atoms with Crippen LogP contribution in [0.5, 0.6) is 5.75 Å². The molecular formula is C26H27N5O2. The van der Waals surface area contributed by atoms with Crippen LogP contribution in [0.2, 0.25) is 0 Å². The topological polar surface area (TPSA) is 91.5 Å². The minimum absolute atomic E-state index is 0.185. The van der Waals surface area contributed by atoms with E-state index in [4.69, 9.17) is 10.1 Å². The van der Waals surface area contributed by atoms with Gasteiger partial charge in [0.15, 0.2) is 0 Å². The molecule has 0 saturated heterocycles. The molecule has 3 rings (SSSR count). The van der Waals surface area contributed by atoms with Gasteiger partial charge in [0, 0.05) is 36.8 Å². The molecule has 0 aliphatic rings. The van der Waals surface area contributed by atoms with Gasteiger partial charge in [0.25, 0.3) is 0 Å². The highest BCUT2D eigenvalue weighted by molar-refractivity contribution is 6.47. The molecule has 33 heavy (non-hydrogen) atoms. The number of allylic oxidation sites excluding steroid dienone is 5. The highest BCUT2D eigenvalue weighted by atomic mass is 16.5. The lowest BCUT2D eigenvalue weighted by Gasteiger charge is -2.19. The summed E-state index contributed by atoms with van der Waals surface area (Å²) >= 11 is 0. The second-order valence-electron chi connectivity index (χ2n) is 7.10. The van der Waals surface area contributed by atoms with Crippen LogP contribution in [0.1, 0.15) is 11.7 Å². The third-order valence-electron chi connectivity index (χ3n) is 4.96. The zero-order chi connectivity index (χ0) is 23.8. The van der Waals surface area contributed by atoms with Crippen LogP contribution in [0, 0.1) is 5.41 Å². The molecule has 0 radical (unpaired) electrons. The molecule has 1 unspecified atom stereocenters. The fourth-order valence-corrected chi connectivity index (χ4v) is 3.37. The number of aromatic nitrogens is 2.